The van der Waals surface area contributed by atoms with Crippen LogP contribution in [0.1, 0.15) is 35.3 Å². The predicted molar refractivity (Wildman–Crippen MR) is 86.7 cm³/mol. The lowest BCUT2D eigenvalue weighted by atomic mass is 10.2. The van der Waals surface area contributed by atoms with E-state index in [1.54, 1.807) is 6.20 Å². The number of hydrogen-bond donors (Lipinski definition) is 1. The molecule has 124 valence electrons. The van der Waals surface area contributed by atoms with E-state index in [4.69, 9.17) is 9.47 Å². The average molecular weight is 317 g/mol. The van der Waals surface area contributed by atoms with Gasteiger partial charge in [-0.3, -0.25) is 4.79 Å². The highest BCUT2D eigenvalue weighted by Crippen LogP contribution is 2.12. The predicted octanol–water partition coefficient (Wildman–Crippen LogP) is 1.96. The quantitative estimate of drug-likeness (QED) is 0.793. The van der Waals surface area contributed by atoms with Crippen molar-refractivity contribution < 1.29 is 14.3 Å². The van der Waals surface area contributed by atoms with Crippen molar-refractivity contribution >= 4 is 11.6 Å². The van der Waals surface area contributed by atoms with Gasteiger partial charge in [0.2, 0.25) is 0 Å². The van der Waals surface area contributed by atoms with Gasteiger partial charge in [-0.25, -0.2) is 4.98 Å². The van der Waals surface area contributed by atoms with Crippen LogP contribution in [-0.4, -0.2) is 47.8 Å². The molecule has 6 nitrogen and oxygen atoms in total. The Bertz CT molecular complexity index is 662. The van der Waals surface area contributed by atoms with E-state index in [-0.39, 0.29) is 12.0 Å². The fraction of sp³-hybridized carbons (Fsp3) is 0.529. The second kappa shape index (κ2) is 7.57. The molecule has 3 heterocycles. The topological polar surface area (TPSA) is 64.9 Å². The number of carbonyl (C=O) groups is 1. The number of hydrogen-bond acceptors (Lipinski definition) is 4. The molecule has 0 aliphatic carbocycles. The van der Waals surface area contributed by atoms with Crippen LogP contribution in [-0.2, 0) is 9.47 Å². The molecule has 0 saturated carbocycles. The summed E-state index contributed by atoms with van der Waals surface area (Å²) in [5, 5.41) is 2.88. The SMILES string of the molecule is Cc1ccn2cc(C(=O)NCCCOC[C@H]3CCCO3)nc2c1. The smallest absolute Gasteiger partial charge is 0.271 e. The number of amides is 1. The zero-order valence-electron chi connectivity index (χ0n) is 13.5. The number of ether oxygens (including phenoxy) is 2. The van der Waals surface area contributed by atoms with Crippen LogP contribution >= 0.6 is 0 Å². The van der Waals surface area contributed by atoms with Crippen molar-refractivity contribution in [3.05, 3.63) is 35.8 Å². The Balaban J connectivity index is 1.38. The molecule has 1 aliphatic heterocycles. The van der Waals surface area contributed by atoms with E-state index in [1.807, 2.05) is 29.7 Å². The van der Waals surface area contributed by atoms with Crippen LogP contribution in [0.3, 0.4) is 0 Å². The minimum absolute atomic E-state index is 0.148. The van der Waals surface area contributed by atoms with Gasteiger partial charge in [0, 0.05) is 32.2 Å². The summed E-state index contributed by atoms with van der Waals surface area (Å²) in [6.45, 7) is 4.72. The molecule has 1 amide bonds. The number of nitrogens with zero attached hydrogens (tertiary/aromatic N) is 2. The molecular weight excluding hydrogens is 294 g/mol. The third-order valence-corrected chi connectivity index (χ3v) is 3.93. The summed E-state index contributed by atoms with van der Waals surface area (Å²) in [6, 6.07) is 3.94. The standard InChI is InChI=1S/C17H23N3O3/c1-13-5-7-20-11-15(19-16(20)10-13)17(21)18-6-3-8-22-12-14-4-2-9-23-14/h5,7,10-11,14H,2-4,6,8-9,12H2,1H3,(H,18,21)/t14-/m1/s1. The molecule has 6 heteroatoms. The first-order valence-electron chi connectivity index (χ1n) is 8.15. The van der Waals surface area contributed by atoms with Crippen LogP contribution in [0.5, 0.6) is 0 Å². The van der Waals surface area contributed by atoms with Gasteiger partial charge in [0.25, 0.3) is 5.91 Å². The summed E-state index contributed by atoms with van der Waals surface area (Å²) < 4.78 is 12.9. The summed E-state index contributed by atoms with van der Waals surface area (Å²) in [6.07, 6.45) is 6.91. The third-order valence-electron chi connectivity index (χ3n) is 3.93. The van der Waals surface area contributed by atoms with Gasteiger partial charge in [0.05, 0.1) is 12.7 Å². The number of pyridine rings is 1. The summed E-state index contributed by atoms with van der Waals surface area (Å²) in [7, 11) is 0. The summed E-state index contributed by atoms with van der Waals surface area (Å²) in [4.78, 5) is 16.4. The molecule has 23 heavy (non-hydrogen) atoms. The highest BCUT2D eigenvalue weighted by atomic mass is 16.5. The first kappa shape index (κ1) is 16.0. The van der Waals surface area contributed by atoms with E-state index < -0.39 is 0 Å². The Kier molecular flexibility index (Phi) is 5.25. The fourth-order valence-electron chi connectivity index (χ4n) is 2.65. The van der Waals surface area contributed by atoms with Gasteiger partial charge in [-0.05, 0) is 43.9 Å². The van der Waals surface area contributed by atoms with E-state index in [1.165, 1.54) is 0 Å². The molecule has 3 rings (SSSR count). The Hall–Kier alpha value is -1.92. The molecule has 1 N–H and O–H groups in total. The minimum atomic E-state index is -0.148. The minimum Gasteiger partial charge on any atom is -0.379 e. The first-order chi connectivity index (χ1) is 11.2. The van der Waals surface area contributed by atoms with Gasteiger partial charge < -0.3 is 19.2 Å². The zero-order chi connectivity index (χ0) is 16.1. The normalized spacial score (nSPS) is 17.7. The van der Waals surface area contributed by atoms with E-state index in [0.29, 0.717) is 25.5 Å². The van der Waals surface area contributed by atoms with Crippen molar-refractivity contribution in [2.24, 2.45) is 0 Å². The highest BCUT2D eigenvalue weighted by Gasteiger charge is 2.15. The molecule has 0 radical (unpaired) electrons. The van der Waals surface area contributed by atoms with Crippen LogP contribution in [0.2, 0.25) is 0 Å². The van der Waals surface area contributed by atoms with Crippen molar-refractivity contribution in [1.82, 2.24) is 14.7 Å². The molecule has 2 aromatic heterocycles. The van der Waals surface area contributed by atoms with Gasteiger partial charge in [0.15, 0.2) is 0 Å². The number of rotatable bonds is 7. The Morgan fingerprint density at radius 2 is 2.48 bits per heavy atom. The average Bonchev–Trinajstić information content (AvgIpc) is 3.19. The lowest BCUT2D eigenvalue weighted by molar-refractivity contribution is 0.0166. The van der Waals surface area contributed by atoms with Gasteiger partial charge in [-0.15, -0.1) is 0 Å². The van der Waals surface area contributed by atoms with Gasteiger partial charge in [-0.1, -0.05) is 0 Å². The Labute approximate surface area is 135 Å². The molecule has 2 aromatic rings. The molecule has 0 aromatic carbocycles. The molecule has 1 atom stereocenters. The number of carbonyl (C=O) groups excluding carboxylic acids is 1. The van der Waals surface area contributed by atoms with Gasteiger partial charge >= 0.3 is 0 Å². The Morgan fingerprint density at radius 1 is 1.57 bits per heavy atom. The van der Waals surface area contributed by atoms with Crippen LogP contribution in [0.15, 0.2) is 24.5 Å². The molecule has 1 aliphatic rings. The first-order valence-corrected chi connectivity index (χ1v) is 8.15. The summed E-state index contributed by atoms with van der Waals surface area (Å²) in [5.74, 6) is -0.148. The second-order valence-corrected chi connectivity index (χ2v) is 5.92. The summed E-state index contributed by atoms with van der Waals surface area (Å²) >= 11 is 0. The molecule has 1 saturated heterocycles. The zero-order valence-corrected chi connectivity index (χ0v) is 13.5. The van der Waals surface area contributed by atoms with Crippen molar-refractivity contribution in [1.29, 1.82) is 0 Å². The van der Waals surface area contributed by atoms with E-state index in [0.717, 1.165) is 37.1 Å². The number of aryl methyl sites for hydroxylation is 1. The maximum Gasteiger partial charge on any atom is 0.271 e. The fourth-order valence-corrected chi connectivity index (χ4v) is 2.65. The van der Waals surface area contributed by atoms with Crippen molar-refractivity contribution in [3.8, 4) is 0 Å². The van der Waals surface area contributed by atoms with Crippen molar-refractivity contribution in [2.45, 2.75) is 32.3 Å². The molecule has 0 unspecified atom stereocenters. The molecule has 0 spiro atoms. The maximum absolute atomic E-state index is 12.1. The molecular formula is C17H23N3O3. The van der Waals surface area contributed by atoms with Crippen molar-refractivity contribution in [2.75, 3.05) is 26.4 Å². The van der Waals surface area contributed by atoms with Crippen LogP contribution in [0, 0.1) is 6.92 Å². The summed E-state index contributed by atoms with van der Waals surface area (Å²) in [5.41, 5.74) is 2.35. The molecule has 1 fully saturated rings. The van der Waals surface area contributed by atoms with Crippen LogP contribution in [0.25, 0.3) is 5.65 Å². The Morgan fingerprint density at radius 3 is 3.30 bits per heavy atom. The van der Waals surface area contributed by atoms with Crippen LogP contribution in [0.4, 0.5) is 0 Å². The number of aromatic nitrogens is 2. The third kappa shape index (κ3) is 4.30. The lowest BCUT2D eigenvalue weighted by Gasteiger charge is -2.10. The second-order valence-electron chi connectivity index (χ2n) is 5.92. The van der Waals surface area contributed by atoms with Gasteiger partial charge in [-0.2, -0.15) is 0 Å². The number of imidazole rings is 1. The van der Waals surface area contributed by atoms with Crippen LogP contribution < -0.4 is 5.32 Å². The lowest BCUT2D eigenvalue weighted by Crippen LogP contribution is -2.26. The molecule has 0 bridgehead atoms. The monoisotopic (exact) mass is 317 g/mol. The van der Waals surface area contributed by atoms with Crippen molar-refractivity contribution in [3.63, 3.8) is 0 Å². The van der Waals surface area contributed by atoms with E-state index >= 15 is 0 Å². The number of fused-ring (bicyclic) bond motifs is 1. The largest absolute Gasteiger partial charge is 0.379 e. The maximum atomic E-state index is 12.1. The number of nitrogens with one attached hydrogen (secondary N) is 1. The highest BCUT2D eigenvalue weighted by molar-refractivity contribution is 5.92. The van der Waals surface area contributed by atoms with E-state index in [9.17, 15) is 4.79 Å². The van der Waals surface area contributed by atoms with E-state index in [2.05, 4.69) is 10.3 Å². The van der Waals surface area contributed by atoms with Gasteiger partial charge in [0.1, 0.15) is 11.3 Å².